The summed E-state index contributed by atoms with van der Waals surface area (Å²) in [6.07, 6.45) is 0.686. The molecule has 1 rings (SSSR count). The van der Waals surface area contributed by atoms with Gasteiger partial charge in [-0.1, -0.05) is 15.9 Å². The monoisotopic (exact) mass is 275 g/mol. The van der Waals surface area contributed by atoms with Crippen LogP contribution in [0.15, 0.2) is 22.7 Å². The summed E-state index contributed by atoms with van der Waals surface area (Å²) in [7, 11) is 3.59. The van der Waals surface area contributed by atoms with Crippen molar-refractivity contribution in [3.8, 4) is 0 Å². The molecule has 0 aliphatic heterocycles. The Morgan fingerprint density at radius 1 is 1.47 bits per heavy atom. The van der Waals surface area contributed by atoms with Gasteiger partial charge in [0, 0.05) is 18.1 Å². The Kier molecular flexibility index (Phi) is 5.22. The summed E-state index contributed by atoms with van der Waals surface area (Å²) < 4.78 is 19.2. The fourth-order valence-electron chi connectivity index (χ4n) is 1.33. The summed E-state index contributed by atoms with van der Waals surface area (Å²) in [6, 6.07) is 5.00. The lowest BCUT2D eigenvalue weighted by molar-refractivity contribution is 0.0826. The van der Waals surface area contributed by atoms with E-state index in [1.807, 2.05) is 18.0 Å². The summed E-state index contributed by atoms with van der Waals surface area (Å²) >= 11 is 3.33. The molecule has 4 heteroatoms. The van der Waals surface area contributed by atoms with Crippen molar-refractivity contribution >= 4 is 15.9 Å². The predicted molar refractivity (Wildman–Crippen MR) is 62.3 cm³/mol. The molecular weight excluding hydrogens is 261 g/mol. The van der Waals surface area contributed by atoms with Crippen molar-refractivity contribution in [2.24, 2.45) is 0 Å². The second-order valence-corrected chi connectivity index (χ2v) is 4.40. The van der Waals surface area contributed by atoms with Gasteiger partial charge in [-0.2, -0.15) is 0 Å². The van der Waals surface area contributed by atoms with Gasteiger partial charge in [0.2, 0.25) is 0 Å². The molecule has 0 spiro atoms. The van der Waals surface area contributed by atoms with Gasteiger partial charge in [0.05, 0.1) is 6.73 Å². The highest BCUT2D eigenvalue weighted by Gasteiger charge is 2.04. The highest BCUT2D eigenvalue weighted by atomic mass is 79.9. The molecule has 0 saturated heterocycles. The SMILES string of the molecule is COCN(C)CCc1cc(Br)ccc1F. The minimum absolute atomic E-state index is 0.149. The van der Waals surface area contributed by atoms with Crippen LogP contribution in [0, 0.1) is 5.82 Å². The third-order valence-corrected chi connectivity index (χ3v) is 2.61. The number of ether oxygens (including phenoxy) is 1. The largest absolute Gasteiger partial charge is 0.369 e. The number of benzene rings is 1. The van der Waals surface area contributed by atoms with Crippen LogP contribution in [0.25, 0.3) is 0 Å². The van der Waals surface area contributed by atoms with Crippen molar-refractivity contribution in [3.63, 3.8) is 0 Å². The van der Waals surface area contributed by atoms with Crippen molar-refractivity contribution in [2.45, 2.75) is 6.42 Å². The number of hydrogen-bond acceptors (Lipinski definition) is 2. The molecule has 0 N–H and O–H groups in total. The molecule has 0 amide bonds. The second kappa shape index (κ2) is 6.20. The molecule has 0 unspecified atom stereocenters. The van der Waals surface area contributed by atoms with Gasteiger partial charge in [0.15, 0.2) is 0 Å². The zero-order chi connectivity index (χ0) is 11.3. The Bertz CT molecular complexity index is 319. The molecule has 2 nitrogen and oxygen atoms in total. The standard InChI is InChI=1S/C11H15BrFNO/c1-14(8-15-2)6-5-9-7-10(12)3-4-11(9)13/h3-4,7H,5-6,8H2,1-2H3. The fourth-order valence-corrected chi connectivity index (χ4v) is 1.74. The molecule has 0 heterocycles. The van der Waals surface area contributed by atoms with Gasteiger partial charge in [-0.3, -0.25) is 4.90 Å². The van der Waals surface area contributed by atoms with Gasteiger partial charge in [-0.05, 0) is 37.2 Å². The lowest BCUT2D eigenvalue weighted by Gasteiger charge is -2.15. The van der Waals surface area contributed by atoms with Crippen molar-refractivity contribution in [1.82, 2.24) is 4.90 Å². The molecule has 0 saturated carbocycles. The second-order valence-electron chi connectivity index (χ2n) is 3.48. The molecule has 0 radical (unpaired) electrons. The van der Waals surface area contributed by atoms with Crippen LogP contribution in [0.1, 0.15) is 5.56 Å². The smallest absolute Gasteiger partial charge is 0.126 e. The van der Waals surface area contributed by atoms with Crippen LogP contribution in [-0.4, -0.2) is 32.3 Å². The summed E-state index contributed by atoms with van der Waals surface area (Å²) in [5.74, 6) is -0.149. The Balaban J connectivity index is 2.53. The highest BCUT2D eigenvalue weighted by Crippen LogP contribution is 2.16. The maximum atomic E-state index is 13.3. The number of halogens is 2. The summed E-state index contributed by atoms with van der Waals surface area (Å²) in [5, 5.41) is 0. The molecule has 0 aliphatic carbocycles. The average molecular weight is 276 g/mol. The quantitative estimate of drug-likeness (QED) is 0.767. The summed E-state index contributed by atoms with van der Waals surface area (Å²) in [6.45, 7) is 1.34. The maximum Gasteiger partial charge on any atom is 0.126 e. The Labute approximate surface area is 98.2 Å². The number of hydrogen-bond donors (Lipinski definition) is 0. The van der Waals surface area contributed by atoms with E-state index in [1.165, 1.54) is 6.07 Å². The molecule has 84 valence electrons. The first-order valence-electron chi connectivity index (χ1n) is 4.75. The van der Waals surface area contributed by atoms with E-state index in [9.17, 15) is 4.39 Å². The number of rotatable bonds is 5. The van der Waals surface area contributed by atoms with Crippen LogP contribution >= 0.6 is 15.9 Å². The van der Waals surface area contributed by atoms with E-state index < -0.39 is 0 Å². The molecule has 0 aromatic heterocycles. The zero-order valence-electron chi connectivity index (χ0n) is 8.96. The van der Waals surface area contributed by atoms with Gasteiger partial charge >= 0.3 is 0 Å². The van der Waals surface area contributed by atoms with Crippen molar-refractivity contribution < 1.29 is 9.13 Å². The Hall–Kier alpha value is -0.450. The molecule has 0 aliphatic rings. The number of nitrogens with zero attached hydrogens (tertiary/aromatic N) is 1. The predicted octanol–water partition coefficient (Wildman–Crippen LogP) is 2.67. The van der Waals surface area contributed by atoms with Crippen LogP contribution in [0.4, 0.5) is 4.39 Å². The number of methoxy groups -OCH3 is 1. The van der Waals surface area contributed by atoms with Crippen LogP contribution in [0.3, 0.4) is 0 Å². The zero-order valence-corrected chi connectivity index (χ0v) is 10.6. The van der Waals surface area contributed by atoms with Crippen LogP contribution in [0.2, 0.25) is 0 Å². The fraction of sp³-hybridized carbons (Fsp3) is 0.455. The Morgan fingerprint density at radius 3 is 2.87 bits per heavy atom. The highest BCUT2D eigenvalue weighted by molar-refractivity contribution is 9.10. The van der Waals surface area contributed by atoms with Gasteiger partial charge < -0.3 is 4.74 Å². The van der Waals surface area contributed by atoms with E-state index in [1.54, 1.807) is 13.2 Å². The first-order valence-corrected chi connectivity index (χ1v) is 5.54. The van der Waals surface area contributed by atoms with Gasteiger partial charge in [0.1, 0.15) is 5.82 Å². The van der Waals surface area contributed by atoms with Crippen LogP contribution in [-0.2, 0) is 11.2 Å². The van der Waals surface area contributed by atoms with E-state index in [0.29, 0.717) is 13.2 Å². The molecular formula is C11H15BrFNO. The normalized spacial score (nSPS) is 11.0. The van der Waals surface area contributed by atoms with Crippen molar-refractivity contribution in [1.29, 1.82) is 0 Å². The van der Waals surface area contributed by atoms with E-state index in [4.69, 9.17) is 4.74 Å². The minimum Gasteiger partial charge on any atom is -0.369 e. The summed E-state index contributed by atoms with van der Waals surface area (Å²) in [5.41, 5.74) is 0.729. The van der Waals surface area contributed by atoms with E-state index in [0.717, 1.165) is 16.6 Å². The van der Waals surface area contributed by atoms with E-state index >= 15 is 0 Å². The third-order valence-electron chi connectivity index (χ3n) is 2.12. The Morgan fingerprint density at radius 2 is 2.20 bits per heavy atom. The maximum absolute atomic E-state index is 13.3. The summed E-state index contributed by atoms with van der Waals surface area (Å²) in [4.78, 5) is 2.00. The molecule has 15 heavy (non-hydrogen) atoms. The first kappa shape index (κ1) is 12.6. The lowest BCUT2D eigenvalue weighted by atomic mass is 10.1. The van der Waals surface area contributed by atoms with Gasteiger partial charge in [0.25, 0.3) is 0 Å². The van der Waals surface area contributed by atoms with Crippen molar-refractivity contribution in [3.05, 3.63) is 34.1 Å². The third kappa shape index (κ3) is 4.28. The number of likely N-dealkylation sites (N-methyl/N-ethyl adjacent to an activating group) is 1. The van der Waals surface area contributed by atoms with Gasteiger partial charge in [-0.25, -0.2) is 4.39 Å². The molecule has 1 aromatic carbocycles. The average Bonchev–Trinajstić information content (AvgIpc) is 2.20. The molecule has 0 atom stereocenters. The van der Waals surface area contributed by atoms with E-state index in [-0.39, 0.29) is 5.82 Å². The molecule has 0 bridgehead atoms. The lowest BCUT2D eigenvalue weighted by Crippen LogP contribution is -2.23. The van der Waals surface area contributed by atoms with Crippen LogP contribution in [0.5, 0.6) is 0 Å². The van der Waals surface area contributed by atoms with Crippen molar-refractivity contribution in [2.75, 3.05) is 27.4 Å². The molecule has 0 fully saturated rings. The molecule has 1 aromatic rings. The minimum atomic E-state index is -0.149. The van der Waals surface area contributed by atoms with Crippen LogP contribution < -0.4 is 0 Å². The first-order chi connectivity index (χ1) is 7.13. The topological polar surface area (TPSA) is 12.5 Å². The van der Waals surface area contributed by atoms with Gasteiger partial charge in [-0.15, -0.1) is 0 Å². The van der Waals surface area contributed by atoms with E-state index in [2.05, 4.69) is 15.9 Å².